The maximum absolute atomic E-state index is 13.1. The van der Waals surface area contributed by atoms with Crippen LogP contribution in [-0.2, 0) is 6.42 Å². The van der Waals surface area contributed by atoms with Crippen LogP contribution in [0.4, 0.5) is 8.78 Å². The maximum Gasteiger partial charge on any atom is 0.159 e. The van der Waals surface area contributed by atoms with Crippen molar-refractivity contribution in [3.05, 3.63) is 35.4 Å². The van der Waals surface area contributed by atoms with Crippen LogP contribution in [0.3, 0.4) is 0 Å². The fraction of sp³-hybridized carbons (Fsp3) is 0.538. The summed E-state index contributed by atoms with van der Waals surface area (Å²) in [5.74, 6) is -1.69. The molecule has 1 saturated carbocycles. The third-order valence-corrected chi connectivity index (χ3v) is 3.81. The van der Waals surface area contributed by atoms with Gasteiger partial charge < -0.3 is 10.8 Å². The maximum atomic E-state index is 13.1. The lowest BCUT2D eigenvalue weighted by Gasteiger charge is -2.31. The highest BCUT2D eigenvalue weighted by Crippen LogP contribution is 2.40. The van der Waals surface area contributed by atoms with Crippen molar-refractivity contribution in [2.45, 2.75) is 31.8 Å². The number of nitrogens with two attached hydrogens (primary N) is 1. The topological polar surface area (TPSA) is 46.2 Å². The summed E-state index contributed by atoms with van der Waals surface area (Å²) in [5.41, 5.74) is 6.07. The molecule has 3 N–H and O–H groups in total. The first kappa shape index (κ1) is 12.5. The fourth-order valence-corrected chi connectivity index (χ4v) is 2.69. The first-order valence-electron chi connectivity index (χ1n) is 5.89. The number of aliphatic hydroxyl groups is 1. The Kier molecular flexibility index (Phi) is 3.45. The molecule has 0 aromatic heterocycles. The predicted molar refractivity (Wildman–Crippen MR) is 61.4 cm³/mol. The molecule has 2 atom stereocenters. The summed E-state index contributed by atoms with van der Waals surface area (Å²) in [6.45, 7) is 0.368. The lowest BCUT2D eigenvalue weighted by molar-refractivity contribution is 0.0588. The Bertz CT molecular complexity index is 410. The average molecular weight is 241 g/mol. The SMILES string of the molecule is NCC1(Cc2ccc(F)c(F)c2)CCCC1O. The Balaban J connectivity index is 2.21. The van der Waals surface area contributed by atoms with Gasteiger partial charge in [-0.05, 0) is 37.0 Å². The molecule has 0 saturated heterocycles. The van der Waals surface area contributed by atoms with Crippen LogP contribution in [0.25, 0.3) is 0 Å². The van der Waals surface area contributed by atoms with Gasteiger partial charge in [-0.2, -0.15) is 0 Å². The van der Waals surface area contributed by atoms with Gasteiger partial charge in [-0.1, -0.05) is 12.5 Å². The lowest BCUT2D eigenvalue weighted by Crippen LogP contribution is -2.39. The molecule has 1 aliphatic rings. The van der Waals surface area contributed by atoms with Crippen LogP contribution in [0.1, 0.15) is 24.8 Å². The largest absolute Gasteiger partial charge is 0.392 e. The van der Waals surface area contributed by atoms with Gasteiger partial charge in [-0.25, -0.2) is 8.78 Å². The average Bonchev–Trinajstić information content (AvgIpc) is 2.66. The molecule has 2 nitrogen and oxygen atoms in total. The van der Waals surface area contributed by atoms with E-state index in [0.717, 1.165) is 25.3 Å². The molecule has 17 heavy (non-hydrogen) atoms. The molecule has 0 radical (unpaired) electrons. The molecule has 1 aliphatic carbocycles. The van der Waals surface area contributed by atoms with Crippen molar-refractivity contribution in [2.75, 3.05) is 6.54 Å². The van der Waals surface area contributed by atoms with Crippen molar-refractivity contribution in [2.24, 2.45) is 11.1 Å². The van der Waals surface area contributed by atoms with Crippen LogP contribution >= 0.6 is 0 Å². The minimum absolute atomic E-state index is 0.368. The molecule has 1 aromatic carbocycles. The van der Waals surface area contributed by atoms with Gasteiger partial charge in [0.1, 0.15) is 0 Å². The van der Waals surface area contributed by atoms with Crippen LogP contribution < -0.4 is 5.73 Å². The summed E-state index contributed by atoms with van der Waals surface area (Å²) in [5, 5.41) is 9.98. The number of benzene rings is 1. The number of aliphatic hydroxyl groups excluding tert-OH is 1. The van der Waals surface area contributed by atoms with Crippen LogP contribution in [-0.4, -0.2) is 17.8 Å². The van der Waals surface area contributed by atoms with E-state index in [0.29, 0.717) is 18.5 Å². The molecule has 1 fully saturated rings. The van der Waals surface area contributed by atoms with Crippen molar-refractivity contribution in [3.63, 3.8) is 0 Å². The Morgan fingerprint density at radius 1 is 1.35 bits per heavy atom. The molecule has 4 heteroatoms. The smallest absolute Gasteiger partial charge is 0.159 e. The van der Waals surface area contributed by atoms with Crippen LogP contribution in [0.2, 0.25) is 0 Å². The zero-order valence-electron chi connectivity index (χ0n) is 9.63. The van der Waals surface area contributed by atoms with E-state index in [1.54, 1.807) is 6.07 Å². The second-order valence-electron chi connectivity index (χ2n) is 4.90. The Labute approximate surface area is 99.4 Å². The third-order valence-electron chi connectivity index (χ3n) is 3.81. The van der Waals surface area contributed by atoms with E-state index in [4.69, 9.17) is 5.73 Å². The molecule has 1 aromatic rings. The summed E-state index contributed by atoms with van der Waals surface area (Å²) in [7, 11) is 0. The summed E-state index contributed by atoms with van der Waals surface area (Å²) in [4.78, 5) is 0. The zero-order chi connectivity index (χ0) is 12.5. The quantitative estimate of drug-likeness (QED) is 0.850. The first-order chi connectivity index (χ1) is 8.07. The fourth-order valence-electron chi connectivity index (χ4n) is 2.69. The van der Waals surface area contributed by atoms with Gasteiger partial charge in [0.2, 0.25) is 0 Å². The van der Waals surface area contributed by atoms with E-state index in [9.17, 15) is 13.9 Å². The Morgan fingerprint density at radius 3 is 2.65 bits per heavy atom. The summed E-state index contributed by atoms with van der Waals surface area (Å²) >= 11 is 0. The van der Waals surface area contributed by atoms with E-state index in [1.165, 1.54) is 6.07 Å². The van der Waals surface area contributed by atoms with E-state index in [-0.39, 0.29) is 5.41 Å². The molecule has 2 rings (SSSR count). The Morgan fingerprint density at radius 2 is 2.12 bits per heavy atom. The minimum Gasteiger partial charge on any atom is -0.392 e. The van der Waals surface area contributed by atoms with Gasteiger partial charge >= 0.3 is 0 Å². The van der Waals surface area contributed by atoms with Gasteiger partial charge in [0.15, 0.2) is 11.6 Å². The van der Waals surface area contributed by atoms with Gasteiger partial charge in [0, 0.05) is 12.0 Å². The van der Waals surface area contributed by atoms with Crippen LogP contribution in [0, 0.1) is 17.0 Å². The van der Waals surface area contributed by atoms with Gasteiger partial charge in [-0.15, -0.1) is 0 Å². The monoisotopic (exact) mass is 241 g/mol. The van der Waals surface area contributed by atoms with Crippen molar-refractivity contribution >= 4 is 0 Å². The highest BCUT2D eigenvalue weighted by molar-refractivity contribution is 5.20. The first-order valence-corrected chi connectivity index (χ1v) is 5.89. The lowest BCUT2D eigenvalue weighted by atomic mass is 9.78. The summed E-state index contributed by atoms with van der Waals surface area (Å²) in [6.07, 6.45) is 2.56. The molecular weight excluding hydrogens is 224 g/mol. The van der Waals surface area contributed by atoms with Crippen molar-refractivity contribution < 1.29 is 13.9 Å². The standard InChI is InChI=1S/C13H17F2NO/c14-10-4-3-9(6-11(10)15)7-13(8-16)5-1-2-12(13)17/h3-4,6,12,17H,1-2,5,7-8,16H2. The zero-order valence-corrected chi connectivity index (χ0v) is 9.63. The van der Waals surface area contributed by atoms with E-state index in [2.05, 4.69) is 0 Å². The number of hydrogen-bond acceptors (Lipinski definition) is 2. The van der Waals surface area contributed by atoms with Gasteiger partial charge in [0.05, 0.1) is 6.10 Å². The van der Waals surface area contributed by atoms with Crippen LogP contribution in [0.5, 0.6) is 0 Å². The highest BCUT2D eigenvalue weighted by Gasteiger charge is 2.40. The van der Waals surface area contributed by atoms with E-state index >= 15 is 0 Å². The predicted octanol–water partition coefficient (Wildman–Crippen LogP) is 2.00. The molecule has 0 bridgehead atoms. The molecule has 0 aliphatic heterocycles. The normalized spacial score (nSPS) is 28.6. The molecule has 2 unspecified atom stereocenters. The van der Waals surface area contributed by atoms with Gasteiger partial charge in [-0.3, -0.25) is 0 Å². The molecular formula is C13H17F2NO. The molecule has 0 spiro atoms. The van der Waals surface area contributed by atoms with Crippen molar-refractivity contribution in [3.8, 4) is 0 Å². The van der Waals surface area contributed by atoms with Crippen molar-refractivity contribution in [1.82, 2.24) is 0 Å². The van der Waals surface area contributed by atoms with Gasteiger partial charge in [0.25, 0.3) is 0 Å². The Hall–Kier alpha value is -1.00. The number of halogens is 2. The molecule has 94 valence electrons. The minimum atomic E-state index is -0.845. The van der Waals surface area contributed by atoms with E-state index < -0.39 is 17.7 Å². The summed E-state index contributed by atoms with van der Waals surface area (Å²) < 4.78 is 25.9. The third kappa shape index (κ3) is 2.33. The highest BCUT2D eigenvalue weighted by atomic mass is 19.2. The summed E-state index contributed by atoms with van der Waals surface area (Å²) in [6, 6.07) is 3.87. The van der Waals surface area contributed by atoms with Crippen LogP contribution in [0.15, 0.2) is 18.2 Å². The van der Waals surface area contributed by atoms with Crippen molar-refractivity contribution in [1.29, 1.82) is 0 Å². The molecule has 0 heterocycles. The number of rotatable bonds is 3. The number of hydrogen-bond donors (Lipinski definition) is 2. The van der Waals surface area contributed by atoms with E-state index in [1.807, 2.05) is 0 Å². The molecule has 0 amide bonds. The second kappa shape index (κ2) is 4.70. The second-order valence-corrected chi connectivity index (χ2v) is 4.90.